The van der Waals surface area contributed by atoms with Crippen LogP contribution in [-0.2, 0) is 11.3 Å². The molecule has 2 atom stereocenters. The molecule has 6 nitrogen and oxygen atoms in total. The van der Waals surface area contributed by atoms with Crippen LogP contribution in [0.1, 0.15) is 33.8 Å². The molecule has 0 spiro atoms. The van der Waals surface area contributed by atoms with E-state index >= 15 is 0 Å². The second-order valence-corrected chi connectivity index (χ2v) is 8.13. The van der Waals surface area contributed by atoms with Crippen molar-refractivity contribution in [2.75, 3.05) is 5.32 Å². The Kier molecular flexibility index (Phi) is 5.52. The van der Waals surface area contributed by atoms with E-state index in [1.165, 1.54) is 6.20 Å². The molecule has 2 N–H and O–H groups in total. The molecule has 1 fully saturated rings. The van der Waals surface area contributed by atoms with Crippen molar-refractivity contribution in [2.45, 2.75) is 18.9 Å². The summed E-state index contributed by atoms with van der Waals surface area (Å²) >= 11 is 0. The van der Waals surface area contributed by atoms with Crippen molar-refractivity contribution in [1.29, 1.82) is 0 Å². The van der Waals surface area contributed by atoms with Gasteiger partial charge in [0.15, 0.2) is 5.82 Å². The van der Waals surface area contributed by atoms with Gasteiger partial charge in [-0.15, -0.1) is 0 Å². The molecule has 2 aromatic heterocycles. The zero-order chi connectivity index (χ0) is 22.8. The van der Waals surface area contributed by atoms with Gasteiger partial charge in [-0.05, 0) is 53.8 Å². The molecule has 164 valence electrons. The van der Waals surface area contributed by atoms with Crippen LogP contribution < -0.4 is 10.6 Å². The summed E-state index contributed by atoms with van der Waals surface area (Å²) in [5.74, 6) is -0.988. The van der Waals surface area contributed by atoms with Crippen LogP contribution in [0.3, 0.4) is 0 Å². The summed E-state index contributed by atoms with van der Waals surface area (Å²) in [6, 6.07) is 15.9. The van der Waals surface area contributed by atoms with Gasteiger partial charge in [0.2, 0.25) is 5.91 Å². The maximum atomic E-state index is 14.7. The smallest absolute Gasteiger partial charge is 0.251 e. The van der Waals surface area contributed by atoms with Gasteiger partial charge in [0.1, 0.15) is 0 Å². The molecule has 1 saturated carbocycles. The van der Waals surface area contributed by atoms with Crippen LogP contribution in [0, 0.1) is 11.7 Å². The average molecular weight is 440 g/mol. The van der Waals surface area contributed by atoms with Gasteiger partial charge >= 0.3 is 0 Å². The van der Waals surface area contributed by atoms with E-state index in [2.05, 4.69) is 20.6 Å². The van der Waals surface area contributed by atoms with E-state index < -0.39 is 5.82 Å². The van der Waals surface area contributed by atoms with Gasteiger partial charge in [0.25, 0.3) is 5.91 Å². The number of benzene rings is 2. The number of nitrogens with one attached hydrogen (secondary N) is 2. The van der Waals surface area contributed by atoms with E-state index in [0.717, 1.165) is 11.1 Å². The molecule has 2 aromatic carbocycles. The Hall–Kier alpha value is -4.13. The molecule has 33 heavy (non-hydrogen) atoms. The number of carbonyl (C=O) groups excluding carboxylic acids is 2. The van der Waals surface area contributed by atoms with Crippen molar-refractivity contribution in [3.63, 3.8) is 0 Å². The first-order valence-corrected chi connectivity index (χ1v) is 10.7. The first-order chi connectivity index (χ1) is 16.1. The number of rotatable bonds is 6. The number of nitrogens with zero attached hydrogens (tertiary/aromatic N) is 2. The minimum atomic E-state index is -0.456. The van der Waals surface area contributed by atoms with Crippen LogP contribution in [0.2, 0.25) is 0 Å². The Morgan fingerprint density at radius 2 is 1.79 bits per heavy atom. The van der Waals surface area contributed by atoms with Gasteiger partial charge in [-0.3, -0.25) is 19.6 Å². The maximum Gasteiger partial charge on any atom is 0.251 e. The van der Waals surface area contributed by atoms with Crippen LogP contribution in [0.5, 0.6) is 0 Å². The van der Waals surface area contributed by atoms with E-state index in [-0.39, 0.29) is 29.3 Å². The normalized spacial score (nSPS) is 16.9. The number of hydrogen-bond acceptors (Lipinski definition) is 4. The number of hydrogen-bond donors (Lipinski definition) is 2. The third kappa shape index (κ3) is 4.43. The molecular weight excluding hydrogens is 419 g/mol. The highest BCUT2D eigenvalue weighted by molar-refractivity contribution is 5.98. The summed E-state index contributed by atoms with van der Waals surface area (Å²) < 4.78 is 14.7. The Morgan fingerprint density at radius 1 is 0.970 bits per heavy atom. The summed E-state index contributed by atoms with van der Waals surface area (Å²) in [5.41, 5.74) is 2.64. The molecule has 2 amide bonds. The summed E-state index contributed by atoms with van der Waals surface area (Å²) in [5, 5.41) is 6.70. The Morgan fingerprint density at radius 3 is 2.58 bits per heavy atom. The number of pyridine rings is 2. The average Bonchev–Trinajstić information content (AvgIpc) is 3.66. The van der Waals surface area contributed by atoms with E-state index in [9.17, 15) is 14.0 Å². The summed E-state index contributed by atoms with van der Waals surface area (Å²) in [6.45, 7) is 0.404. The number of fused-ring (bicyclic) bond motifs is 1. The first-order valence-electron chi connectivity index (χ1n) is 10.7. The SMILES string of the molecule is O=C(NCc1cccnc1)c1ccc([C@@H]2C[C@H]2C(=O)Nc2ccc3cnccc3c2F)cc1. The zero-order valence-electron chi connectivity index (χ0n) is 17.7. The lowest BCUT2D eigenvalue weighted by Gasteiger charge is -2.09. The predicted molar refractivity (Wildman–Crippen MR) is 123 cm³/mol. The number of aromatic nitrogens is 2. The van der Waals surface area contributed by atoms with Crippen molar-refractivity contribution < 1.29 is 14.0 Å². The van der Waals surface area contributed by atoms with Crippen LogP contribution in [0.25, 0.3) is 10.8 Å². The Labute approximate surface area is 189 Å². The molecule has 0 unspecified atom stereocenters. The minimum Gasteiger partial charge on any atom is -0.348 e. The third-order valence-corrected chi connectivity index (χ3v) is 5.92. The standard InChI is InChI=1S/C26H21FN4O2/c27-24-20-9-11-29-15-19(20)7-8-23(24)31-26(33)22-12-21(22)17-3-5-18(6-4-17)25(32)30-14-16-2-1-10-28-13-16/h1-11,13,15,21-22H,12,14H2,(H,30,32)(H,31,33)/t21-,22+/m0/s1. The largest absolute Gasteiger partial charge is 0.348 e. The highest BCUT2D eigenvalue weighted by Gasteiger charge is 2.44. The molecule has 1 aliphatic carbocycles. The van der Waals surface area contributed by atoms with E-state index in [4.69, 9.17) is 0 Å². The molecule has 2 heterocycles. The predicted octanol–water partition coefficient (Wildman–Crippen LogP) is 4.44. The quantitative estimate of drug-likeness (QED) is 0.464. The van der Waals surface area contributed by atoms with Crippen molar-refractivity contribution in [3.8, 4) is 0 Å². The lowest BCUT2D eigenvalue weighted by Crippen LogP contribution is -2.22. The van der Waals surface area contributed by atoms with Gasteiger partial charge in [-0.1, -0.05) is 24.3 Å². The van der Waals surface area contributed by atoms with E-state index in [1.807, 2.05) is 24.3 Å². The number of anilines is 1. The summed E-state index contributed by atoms with van der Waals surface area (Å²) in [6.07, 6.45) is 7.20. The molecule has 7 heteroatoms. The van der Waals surface area contributed by atoms with Crippen LogP contribution >= 0.6 is 0 Å². The van der Waals surface area contributed by atoms with Crippen LogP contribution in [0.4, 0.5) is 10.1 Å². The highest BCUT2D eigenvalue weighted by atomic mass is 19.1. The van der Waals surface area contributed by atoms with E-state index in [1.54, 1.807) is 48.9 Å². The first kappa shape index (κ1) is 20.8. The van der Waals surface area contributed by atoms with Crippen LogP contribution in [0.15, 0.2) is 79.4 Å². The monoisotopic (exact) mass is 440 g/mol. The number of carbonyl (C=O) groups is 2. The molecule has 5 rings (SSSR count). The van der Waals surface area contributed by atoms with Crippen molar-refractivity contribution >= 4 is 28.3 Å². The van der Waals surface area contributed by atoms with Gasteiger partial charge in [-0.25, -0.2) is 4.39 Å². The maximum absolute atomic E-state index is 14.7. The molecule has 0 saturated heterocycles. The molecule has 0 radical (unpaired) electrons. The van der Waals surface area contributed by atoms with Crippen LogP contribution in [-0.4, -0.2) is 21.8 Å². The zero-order valence-corrected chi connectivity index (χ0v) is 17.7. The van der Waals surface area contributed by atoms with Gasteiger partial charge in [0, 0.05) is 53.6 Å². The van der Waals surface area contributed by atoms with Crippen molar-refractivity contribution in [2.24, 2.45) is 5.92 Å². The summed E-state index contributed by atoms with van der Waals surface area (Å²) in [7, 11) is 0. The van der Waals surface area contributed by atoms with Crippen molar-refractivity contribution in [1.82, 2.24) is 15.3 Å². The number of halogens is 1. The molecule has 1 aliphatic rings. The fourth-order valence-corrected chi connectivity index (χ4v) is 3.97. The summed E-state index contributed by atoms with van der Waals surface area (Å²) in [4.78, 5) is 33.1. The fourth-order valence-electron chi connectivity index (χ4n) is 3.97. The molecule has 4 aromatic rings. The van der Waals surface area contributed by atoms with Gasteiger partial charge in [0.05, 0.1) is 5.69 Å². The Bertz CT molecular complexity index is 1330. The topological polar surface area (TPSA) is 84.0 Å². The van der Waals surface area contributed by atoms with Gasteiger partial charge < -0.3 is 10.6 Å². The molecule has 0 aliphatic heterocycles. The second-order valence-electron chi connectivity index (χ2n) is 8.13. The van der Waals surface area contributed by atoms with E-state index in [0.29, 0.717) is 29.3 Å². The second kappa shape index (κ2) is 8.78. The highest BCUT2D eigenvalue weighted by Crippen LogP contribution is 2.48. The lowest BCUT2D eigenvalue weighted by atomic mass is 10.1. The van der Waals surface area contributed by atoms with Gasteiger partial charge in [-0.2, -0.15) is 0 Å². The molecular formula is C26H21FN4O2. The lowest BCUT2D eigenvalue weighted by molar-refractivity contribution is -0.117. The third-order valence-electron chi connectivity index (χ3n) is 5.92. The molecule has 0 bridgehead atoms. The van der Waals surface area contributed by atoms with Crippen molar-refractivity contribution in [3.05, 3.63) is 102 Å². The fraction of sp³-hybridized carbons (Fsp3) is 0.154. The Balaban J connectivity index is 1.19. The minimum absolute atomic E-state index is 0.0604. The number of amides is 2.